The molecule has 12 nitrogen and oxygen atoms in total. The number of phenolic OH excluding ortho intramolecular Hbond substituents is 1. The van der Waals surface area contributed by atoms with Crippen molar-refractivity contribution in [1.29, 1.82) is 0 Å². The third-order valence-corrected chi connectivity index (χ3v) is 9.67. The van der Waals surface area contributed by atoms with Crippen LogP contribution < -0.4 is 11.3 Å². The zero-order valence-corrected chi connectivity index (χ0v) is 29.6. The number of nitrogens with zero attached hydrogens (tertiary/aromatic N) is 8. The molecule has 1 saturated heterocycles. The summed E-state index contributed by atoms with van der Waals surface area (Å²) in [4.78, 5) is 45.2. The monoisotopic (exact) mass is 715 g/mol. The highest BCUT2D eigenvalue weighted by Gasteiger charge is 2.21. The lowest BCUT2D eigenvalue weighted by molar-refractivity contribution is -0.131. The van der Waals surface area contributed by atoms with Crippen molar-refractivity contribution < 1.29 is 9.90 Å². The topological polar surface area (TPSA) is 148 Å². The molecule has 0 radical (unpaired) electrons. The van der Waals surface area contributed by atoms with Gasteiger partial charge in [-0.15, -0.1) is 0 Å². The summed E-state index contributed by atoms with van der Waals surface area (Å²) in [6, 6.07) is 19.5. The van der Waals surface area contributed by atoms with Crippen molar-refractivity contribution in [2.24, 2.45) is 0 Å². The van der Waals surface area contributed by atoms with Gasteiger partial charge in [-0.25, -0.2) is 19.6 Å². The summed E-state index contributed by atoms with van der Waals surface area (Å²) < 4.78 is 3.23. The van der Waals surface area contributed by atoms with E-state index in [-0.39, 0.29) is 36.1 Å². The fourth-order valence-corrected chi connectivity index (χ4v) is 6.76. The predicted molar refractivity (Wildman–Crippen MR) is 202 cm³/mol. The molecule has 7 rings (SSSR count). The highest BCUT2D eigenvalue weighted by atomic mass is 35.5. The number of hydrogen-bond acceptors (Lipinski definition) is 9. The summed E-state index contributed by atoms with van der Waals surface area (Å²) in [5.41, 5.74) is 9.43. The van der Waals surface area contributed by atoms with Crippen molar-refractivity contribution in [2.75, 3.05) is 39.0 Å². The first-order chi connectivity index (χ1) is 25.3. The number of anilines is 1. The van der Waals surface area contributed by atoms with E-state index in [0.717, 1.165) is 38.2 Å². The highest BCUT2D eigenvalue weighted by molar-refractivity contribution is 6.31. The van der Waals surface area contributed by atoms with Gasteiger partial charge in [0, 0.05) is 48.6 Å². The Morgan fingerprint density at radius 2 is 1.83 bits per heavy atom. The minimum absolute atomic E-state index is 0.0681. The number of carbonyl (C=O) groups is 1. The van der Waals surface area contributed by atoms with Gasteiger partial charge in [0.25, 0.3) is 5.56 Å². The lowest BCUT2D eigenvalue weighted by Crippen LogP contribution is -2.34. The van der Waals surface area contributed by atoms with Crippen molar-refractivity contribution in [3.05, 3.63) is 105 Å². The number of amides is 1. The van der Waals surface area contributed by atoms with Gasteiger partial charge in [0.1, 0.15) is 36.0 Å². The molecule has 3 aromatic heterocycles. The Hall–Kier alpha value is -5.77. The fourth-order valence-electron chi connectivity index (χ4n) is 6.56. The van der Waals surface area contributed by atoms with Crippen LogP contribution in [0.25, 0.3) is 33.2 Å². The molecule has 0 aliphatic carbocycles. The van der Waals surface area contributed by atoms with Gasteiger partial charge in [-0.2, -0.15) is 5.10 Å². The Morgan fingerprint density at radius 1 is 0.981 bits per heavy atom. The zero-order chi connectivity index (χ0) is 36.2. The van der Waals surface area contributed by atoms with E-state index in [0.29, 0.717) is 68.9 Å². The van der Waals surface area contributed by atoms with E-state index in [1.54, 1.807) is 39.6 Å². The first-order valence-corrected chi connectivity index (χ1v) is 17.6. The summed E-state index contributed by atoms with van der Waals surface area (Å²) in [6.07, 6.45) is 3.94. The molecule has 13 heteroatoms. The van der Waals surface area contributed by atoms with Crippen LogP contribution >= 0.6 is 11.6 Å². The number of fused-ring (bicyclic) bond motifs is 2. The number of phenols is 1. The van der Waals surface area contributed by atoms with Crippen molar-refractivity contribution in [1.82, 2.24) is 39.1 Å². The van der Waals surface area contributed by atoms with E-state index in [9.17, 15) is 14.7 Å². The smallest absolute Gasteiger partial charge is 0.263 e. The molecule has 0 saturated carbocycles. The van der Waals surface area contributed by atoms with Crippen LogP contribution in [0.1, 0.15) is 42.6 Å². The van der Waals surface area contributed by atoms with Crippen LogP contribution in [0.2, 0.25) is 5.02 Å². The number of nitrogens with two attached hydrogens (primary N) is 1. The predicted octanol–water partition coefficient (Wildman–Crippen LogP) is 4.93. The average molecular weight is 716 g/mol. The number of carbonyl (C=O) groups excluding carboxylic acids is 1. The van der Waals surface area contributed by atoms with Gasteiger partial charge in [-0.3, -0.25) is 14.2 Å². The zero-order valence-electron chi connectivity index (χ0n) is 28.8. The second-order valence-electron chi connectivity index (χ2n) is 12.9. The molecule has 4 heterocycles. The maximum absolute atomic E-state index is 14.5. The van der Waals surface area contributed by atoms with E-state index >= 15 is 0 Å². The third kappa shape index (κ3) is 7.32. The number of aromatic hydroxyl groups is 1. The number of halogens is 1. The molecule has 3 aromatic carbocycles. The Morgan fingerprint density at radius 3 is 2.67 bits per heavy atom. The molecule has 1 aliphatic rings. The van der Waals surface area contributed by atoms with E-state index in [1.807, 2.05) is 41.3 Å². The minimum atomic E-state index is -0.273. The van der Waals surface area contributed by atoms with Crippen LogP contribution in [-0.4, -0.2) is 83.3 Å². The third-order valence-electron chi connectivity index (χ3n) is 9.31. The molecule has 1 aliphatic heterocycles. The first kappa shape index (κ1) is 34.7. The molecule has 1 fully saturated rings. The maximum Gasteiger partial charge on any atom is 0.263 e. The summed E-state index contributed by atoms with van der Waals surface area (Å²) in [5, 5.41) is 16.5. The number of unbranched alkanes of at least 4 members (excludes halogenated alkanes) is 1. The molecular formula is C39H38ClN9O3. The standard InChI is InChI=1S/C39H38ClN9O3/c1-46-18-9-19-47(21-20-46)33(51)17-4-2-3-10-26-12-8-16-31-34(26)39(52)48(23-28-11-5-6-15-30(28)40)32(44-31)24-49-38-35(37(41)42-25-43-38)36(45-49)27-13-7-14-29(50)22-27/h5-8,11-16,22,25,50H,2,4,9,17-21,23-24H2,1H3,(H2,41,42,43). The number of aromatic nitrogens is 6. The number of benzene rings is 3. The van der Waals surface area contributed by atoms with Crippen molar-refractivity contribution in [3.8, 4) is 28.8 Å². The van der Waals surface area contributed by atoms with E-state index in [2.05, 4.69) is 33.8 Å². The molecule has 0 bridgehead atoms. The van der Waals surface area contributed by atoms with Gasteiger partial charge in [-0.1, -0.05) is 59.8 Å². The van der Waals surface area contributed by atoms with E-state index < -0.39 is 0 Å². The van der Waals surface area contributed by atoms with Crippen LogP contribution in [0.3, 0.4) is 0 Å². The Bertz CT molecular complexity index is 2410. The van der Waals surface area contributed by atoms with Crippen LogP contribution in [0.5, 0.6) is 5.75 Å². The van der Waals surface area contributed by atoms with Crippen LogP contribution in [0.4, 0.5) is 5.82 Å². The van der Waals surface area contributed by atoms with Gasteiger partial charge >= 0.3 is 0 Å². The van der Waals surface area contributed by atoms with Crippen LogP contribution in [-0.2, 0) is 17.9 Å². The molecule has 0 spiro atoms. The summed E-state index contributed by atoms with van der Waals surface area (Å²) in [5.74, 6) is 7.28. The molecule has 6 aromatic rings. The lowest BCUT2D eigenvalue weighted by atomic mass is 10.1. The number of hydrogen-bond donors (Lipinski definition) is 2. The normalized spacial score (nSPS) is 13.6. The summed E-state index contributed by atoms with van der Waals surface area (Å²) in [6.45, 7) is 3.66. The van der Waals surface area contributed by atoms with Crippen LogP contribution in [0, 0.1) is 11.8 Å². The fraction of sp³-hybridized carbons (Fsp3) is 0.282. The molecule has 1 amide bonds. The van der Waals surface area contributed by atoms with E-state index in [4.69, 9.17) is 27.4 Å². The summed E-state index contributed by atoms with van der Waals surface area (Å²) in [7, 11) is 2.08. The second kappa shape index (κ2) is 15.2. The van der Waals surface area contributed by atoms with Crippen molar-refractivity contribution in [3.63, 3.8) is 0 Å². The molecule has 264 valence electrons. The highest BCUT2D eigenvalue weighted by Crippen LogP contribution is 2.32. The first-order valence-electron chi connectivity index (χ1n) is 17.2. The Balaban J connectivity index is 1.24. The quantitative estimate of drug-likeness (QED) is 0.165. The minimum Gasteiger partial charge on any atom is -0.508 e. The Kier molecular flexibility index (Phi) is 10.2. The van der Waals surface area contributed by atoms with Crippen molar-refractivity contribution >= 4 is 45.3 Å². The molecular weight excluding hydrogens is 678 g/mol. The van der Waals surface area contributed by atoms with E-state index in [1.165, 1.54) is 6.33 Å². The van der Waals surface area contributed by atoms with Gasteiger partial charge in [0.15, 0.2) is 5.65 Å². The van der Waals surface area contributed by atoms with Gasteiger partial charge in [0.05, 0.1) is 22.8 Å². The number of nitrogen functional groups attached to an aromatic ring is 1. The number of rotatable bonds is 8. The average Bonchev–Trinajstić information content (AvgIpc) is 3.36. The second-order valence-corrected chi connectivity index (χ2v) is 13.3. The molecule has 0 atom stereocenters. The molecule has 52 heavy (non-hydrogen) atoms. The van der Waals surface area contributed by atoms with Crippen molar-refractivity contribution in [2.45, 2.75) is 38.8 Å². The summed E-state index contributed by atoms with van der Waals surface area (Å²) >= 11 is 6.60. The van der Waals surface area contributed by atoms with Gasteiger partial charge in [-0.05, 0) is 62.3 Å². The Labute approximate surface area is 305 Å². The van der Waals surface area contributed by atoms with Gasteiger partial charge in [0.2, 0.25) is 5.91 Å². The van der Waals surface area contributed by atoms with Crippen LogP contribution in [0.15, 0.2) is 77.9 Å². The molecule has 3 N–H and O–H groups in total. The molecule has 0 unspecified atom stereocenters. The van der Waals surface area contributed by atoms with Gasteiger partial charge < -0.3 is 20.6 Å². The lowest BCUT2D eigenvalue weighted by Gasteiger charge is -2.20. The largest absolute Gasteiger partial charge is 0.508 e. The SMILES string of the molecule is CN1CCCN(C(=O)CCCC#Cc2cccc3nc(Cn4nc(-c5cccc(O)c5)c5c(N)ncnc54)n(Cc4ccccc4Cl)c(=O)c23)CC1. The number of likely N-dealkylation sites (N-methyl/N-ethyl adjacent to an activating group) is 1. The maximum atomic E-state index is 14.5.